The number of halogens is 1. The van der Waals surface area contributed by atoms with E-state index in [1.807, 2.05) is 42.5 Å². The summed E-state index contributed by atoms with van der Waals surface area (Å²) in [5.74, 6) is 1.62. The molecule has 144 valence electrons. The molecule has 0 saturated carbocycles. The summed E-state index contributed by atoms with van der Waals surface area (Å²) in [5, 5.41) is 3.65. The van der Waals surface area contributed by atoms with Crippen LogP contribution in [0.25, 0.3) is 0 Å². The fourth-order valence-electron chi connectivity index (χ4n) is 3.56. The van der Waals surface area contributed by atoms with Gasteiger partial charge in [0, 0.05) is 23.2 Å². The minimum Gasteiger partial charge on any atom is -0.497 e. The van der Waals surface area contributed by atoms with Crippen LogP contribution in [0.5, 0.6) is 11.5 Å². The van der Waals surface area contributed by atoms with Crippen molar-refractivity contribution in [1.29, 1.82) is 0 Å². The lowest BCUT2D eigenvalue weighted by atomic mass is 10.0. The van der Waals surface area contributed by atoms with Crippen LogP contribution in [0.1, 0.15) is 30.0 Å². The standard InChI is InChI=1S/C21H25ClN2O3/c1-26-17-8-9-20(27-2)18(12-17)19-7-4-10-24(19)14-21(25)23-13-15-5-3-6-16(22)11-15/h3,5-6,8-9,11-12,19H,4,7,10,13-14H2,1-2H3,(H,23,25)/t19-/m1/s1. The second-order valence-corrected chi connectivity index (χ2v) is 7.08. The Bertz CT molecular complexity index is 797. The number of amides is 1. The highest BCUT2D eigenvalue weighted by Crippen LogP contribution is 2.38. The van der Waals surface area contributed by atoms with Gasteiger partial charge in [0.2, 0.25) is 5.91 Å². The zero-order chi connectivity index (χ0) is 19.2. The number of carbonyl (C=O) groups is 1. The number of rotatable bonds is 7. The lowest BCUT2D eigenvalue weighted by molar-refractivity contribution is -0.122. The summed E-state index contributed by atoms with van der Waals surface area (Å²) in [5.41, 5.74) is 2.06. The molecular weight excluding hydrogens is 364 g/mol. The van der Waals surface area contributed by atoms with Crippen LogP contribution in [-0.4, -0.2) is 38.1 Å². The molecule has 1 aliphatic heterocycles. The summed E-state index contributed by atoms with van der Waals surface area (Å²) in [6.45, 7) is 1.71. The molecule has 1 N–H and O–H groups in total. The van der Waals surface area contributed by atoms with Crippen LogP contribution in [-0.2, 0) is 11.3 Å². The number of ether oxygens (including phenoxy) is 2. The molecule has 5 nitrogen and oxygen atoms in total. The van der Waals surface area contributed by atoms with E-state index in [1.165, 1.54) is 0 Å². The van der Waals surface area contributed by atoms with Gasteiger partial charge < -0.3 is 14.8 Å². The molecule has 0 aliphatic carbocycles. The molecule has 1 aliphatic rings. The predicted molar refractivity (Wildman–Crippen MR) is 106 cm³/mol. The highest BCUT2D eigenvalue weighted by Gasteiger charge is 2.30. The van der Waals surface area contributed by atoms with Crippen molar-refractivity contribution in [2.24, 2.45) is 0 Å². The summed E-state index contributed by atoms with van der Waals surface area (Å²) < 4.78 is 10.9. The minimum atomic E-state index is 0.00346. The molecule has 1 fully saturated rings. The van der Waals surface area contributed by atoms with Gasteiger partial charge in [-0.2, -0.15) is 0 Å². The fraction of sp³-hybridized carbons (Fsp3) is 0.381. The quantitative estimate of drug-likeness (QED) is 0.783. The molecule has 2 aromatic rings. The van der Waals surface area contributed by atoms with Crippen molar-refractivity contribution in [1.82, 2.24) is 10.2 Å². The topological polar surface area (TPSA) is 50.8 Å². The van der Waals surface area contributed by atoms with E-state index < -0.39 is 0 Å². The number of nitrogens with one attached hydrogen (secondary N) is 1. The Labute approximate surface area is 165 Å². The molecule has 6 heteroatoms. The molecule has 2 aromatic carbocycles. The van der Waals surface area contributed by atoms with Gasteiger partial charge in [0.05, 0.1) is 20.8 Å². The van der Waals surface area contributed by atoms with E-state index in [9.17, 15) is 4.79 Å². The molecular formula is C21H25ClN2O3. The third-order valence-corrected chi connectivity index (χ3v) is 5.12. The summed E-state index contributed by atoms with van der Waals surface area (Å²) in [7, 11) is 3.32. The van der Waals surface area contributed by atoms with Gasteiger partial charge in [-0.05, 0) is 55.3 Å². The largest absolute Gasteiger partial charge is 0.497 e. The molecule has 0 bridgehead atoms. The first kappa shape index (κ1) is 19.5. The monoisotopic (exact) mass is 388 g/mol. The van der Waals surface area contributed by atoms with E-state index in [0.29, 0.717) is 18.1 Å². The molecule has 27 heavy (non-hydrogen) atoms. The minimum absolute atomic E-state index is 0.00346. The third-order valence-electron chi connectivity index (χ3n) is 4.88. The lowest BCUT2D eigenvalue weighted by Gasteiger charge is -2.26. The van der Waals surface area contributed by atoms with Gasteiger partial charge in [-0.1, -0.05) is 23.7 Å². The van der Waals surface area contributed by atoms with Crippen molar-refractivity contribution >= 4 is 17.5 Å². The molecule has 0 aromatic heterocycles. The van der Waals surface area contributed by atoms with E-state index in [2.05, 4.69) is 10.2 Å². The first-order valence-corrected chi connectivity index (χ1v) is 9.45. The number of nitrogens with zero attached hydrogens (tertiary/aromatic N) is 1. The van der Waals surface area contributed by atoms with Gasteiger partial charge in [0.25, 0.3) is 0 Å². The number of hydrogen-bond donors (Lipinski definition) is 1. The highest BCUT2D eigenvalue weighted by molar-refractivity contribution is 6.30. The molecule has 1 atom stereocenters. The molecule has 1 amide bonds. The summed E-state index contributed by atoms with van der Waals surface area (Å²) in [4.78, 5) is 14.7. The van der Waals surface area contributed by atoms with Crippen LogP contribution in [0.2, 0.25) is 5.02 Å². The van der Waals surface area contributed by atoms with E-state index >= 15 is 0 Å². The first-order valence-electron chi connectivity index (χ1n) is 9.08. The second-order valence-electron chi connectivity index (χ2n) is 6.64. The first-order chi connectivity index (χ1) is 13.1. The Hall–Kier alpha value is -2.24. The Kier molecular flexibility index (Phi) is 6.58. The number of hydrogen-bond acceptors (Lipinski definition) is 4. The van der Waals surface area contributed by atoms with Gasteiger partial charge in [0.15, 0.2) is 0 Å². The van der Waals surface area contributed by atoms with Crippen LogP contribution in [0.4, 0.5) is 0 Å². The maximum Gasteiger partial charge on any atom is 0.234 e. The lowest BCUT2D eigenvalue weighted by Crippen LogP contribution is -2.36. The summed E-state index contributed by atoms with van der Waals surface area (Å²) >= 11 is 5.99. The SMILES string of the molecule is COc1ccc(OC)c([C@H]2CCCN2CC(=O)NCc2cccc(Cl)c2)c1. The zero-order valence-electron chi connectivity index (χ0n) is 15.7. The van der Waals surface area contributed by atoms with Crippen LogP contribution in [0.15, 0.2) is 42.5 Å². The van der Waals surface area contributed by atoms with Gasteiger partial charge in [0.1, 0.15) is 11.5 Å². The number of benzene rings is 2. The summed E-state index contributed by atoms with van der Waals surface area (Å²) in [6, 6.07) is 13.5. The van der Waals surface area contributed by atoms with E-state index in [4.69, 9.17) is 21.1 Å². The molecule has 3 rings (SSSR count). The van der Waals surface area contributed by atoms with Crippen molar-refractivity contribution in [2.45, 2.75) is 25.4 Å². The van der Waals surface area contributed by atoms with E-state index in [-0.39, 0.29) is 11.9 Å². The van der Waals surface area contributed by atoms with E-state index in [1.54, 1.807) is 14.2 Å². The number of methoxy groups -OCH3 is 2. The fourth-order valence-corrected chi connectivity index (χ4v) is 3.77. The molecule has 0 spiro atoms. The van der Waals surface area contributed by atoms with Crippen molar-refractivity contribution in [3.63, 3.8) is 0 Å². The maximum atomic E-state index is 12.5. The average molecular weight is 389 g/mol. The zero-order valence-corrected chi connectivity index (χ0v) is 16.5. The van der Waals surface area contributed by atoms with Crippen molar-refractivity contribution in [3.8, 4) is 11.5 Å². The average Bonchev–Trinajstić information content (AvgIpc) is 3.13. The van der Waals surface area contributed by atoms with Crippen LogP contribution in [0, 0.1) is 0 Å². The van der Waals surface area contributed by atoms with Gasteiger partial charge in [-0.25, -0.2) is 0 Å². The molecule has 0 radical (unpaired) electrons. The summed E-state index contributed by atoms with van der Waals surface area (Å²) in [6.07, 6.45) is 2.04. The Balaban J connectivity index is 1.65. The normalized spacial score (nSPS) is 16.9. The van der Waals surface area contributed by atoms with Crippen molar-refractivity contribution in [3.05, 3.63) is 58.6 Å². The van der Waals surface area contributed by atoms with Gasteiger partial charge in [-0.3, -0.25) is 9.69 Å². The van der Waals surface area contributed by atoms with Gasteiger partial charge in [-0.15, -0.1) is 0 Å². The second kappa shape index (κ2) is 9.11. The Morgan fingerprint density at radius 2 is 2.07 bits per heavy atom. The Morgan fingerprint density at radius 3 is 2.81 bits per heavy atom. The van der Waals surface area contributed by atoms with Crippen LogP contribution >= 0.6 is 11.6 Å². The molecule has 0 unspecified atom stereocenters. The maximum absolute atomic E-state index is 12.5. The van der Waals surface area contributed by atoms with Gasteiger partial charge >= 0.3 is 0 Å². The molecule has 1 heterocycles. The smallest absolute Gasteiger partial charge is 0.234 e. The number of carbonyl (C=O) groups excluding carboxylic acids is 1. The van der Waals surface area contributed by atoms with Crippen molar-refractivity contribution in [2.75, 3.05) is 27.3 Å². The predicted octanol–water partition coefficient (Wildman–Crippen LogP) is 3.81. The van der Waals surface area contributed by atoms with E-state index in [0.717, 1.165) is 42.0 Å². The third kappa shape index (κ3) is 4.93. The highest BCUT2D eigenvalue weighted by atomic mass is 35.5. The number of likely N-dealkylation sites (tertiary alicyclic amines) is 1. The van der Waals surface area contributed by atoms with Crippen molar-refractivity contribution < 1.29 is 14.3 Å². The van der Waals surface area contributed by atoms with Crippen LogP contribution in [0.3, 0.4) is 0 Å². The van der Waals surface area contributed by atoms with Crippen LogP contribution < -0.4 is 14.8 Å². The Morgan fingerprint density at radius 1 is 1.22 bits per heavy atom. The molecule has 1 saturated heterocycles.